The highest BCUT2D eigenvalue weighted by atomic mass is 16.6. The summed E-state index contributed by atoms with van der Waals surface area (Å²) in [4.78, 5) is 22.3. The number of carbonyl (C=O) groups is 1. The van der Waals surface area contributed by atoms with Gasteiger partial charge in [0.15, 0.2) is 17.3 Å². The molecule has 0 spiro atoms. The molecule has 2 N–H and O–H groups in total. The van der Waals surface area contributed by atoms with E-state index in [9.17, 15) is 4.79 Å². The molecule has 196 valence electrons. The second kappa shape index (κ2) is 10.3. The fraction of sp³-hybridized carbons (Fsp3) is 0.345. The Balaban J connectivity index is 1.14. The number of nitrogens with one attached hydrogen (secondary N) is 2. The van der Waals surface area contributed by atoms with Gasteiger partial charge in [-0.05, 0) is 74.5 Å². The van der Waals surface area contributed by atoms with E-state index in [-0.39, 0.29) is 12.3 Å². The highest BCUT2D eigenvalue weighted by Gasteiger charge is 2.21. The van der Waals surface area contributed by atoms with E-state index in [2.05, 4.69) is 51.5 Å². The van der Waals surface area contributed by atoms with Crippen molar-refractivity contribution in [3.8, 4) is 22.6 Å². The minimum atomic E-state index is -0.149. The molecule has 1 fully saturated rings. The highest BCUT2D eigenvalue weighted by molar-refractivity contribution is 6.01. The van der Waals surface area contributed by atoms with E-state index in [0.717, 1.165) is 59.3 Å². The number of benzene rings is 2. The molecule has 4 heterocycles. The lowest BCUT2D eigenvalue weighted by molar-refractivity contribution is -0.115. The first-order valence-electron chi connectivity index (χ1n) is 13.1. The van der Waals surface area contributed by atoms with Crippen molar-refractivity contribution in [1.29, 1.82) is 0 Å². The van der Waals surface area contributed by atoms with Crippen LogP contribution >= 0.6 is 0 Å². The fourth-order valence-corrected chi connectivity index (χ4v) is 5.20. The first-order valence-corrected chi connectivity index (χ1v) is 13.1. The third-order valence-corrected chi connectivity index (χ3v) is 7.39. The number of aromatic nitrogens is 3. The summed E-state index contributed by atoms with van der Waals surface area (Å²) in [5, 5.41) is 11.2. The maximum Gasteiger partial charge on any atom is 0.230 e. The van der Waals surface area contributed by atoms with Crippen LogP contribution in [0.4, 0.5) is 11.6 Å². The van der Waals surface area contributed by atoms with Crippen LogP contribution in [-0.2, 0) is 11.2 Å². The topological polar surface area (TPSA) is 95.6 Å². The lowest BCUT2D eigenvalue weighted by Gasteiger charge is -2.35. The number of aromatic amines is 1. The predicted molar refractivity (Wildman–Crippen MR) is 148 cm³/mol. The second-order valence-electron chi connectivity index (χ2n) is 10.1. The van der Waals surface area contributed by atoms with Gasteiger partial charge >= 0.3 is 0 Å². The van der Waals surface area contributed by atoms with Gasteiger partial charge in [0.25, 0.3) is 0 Å². The lowest BCUT2D eigenvalue weighted by Crippen LogP contribution is -2.42. The summed E-state index contributed by atoms with van der Waals surface area (Å²) in [6.45, 7) is 3.09. The van der Waals surface area contributed by atoms with Crippen molar-refractivity contribution in [3.05, 3.63) is 60.3 Å². The van der Waals surface area contributed by atoms with Crippen LogP contribution in [0.3, 0.4) is 0 Å². The number of hydrogen-bond acceptors (Lipinski definition) is 7. The van der Waals surface area contributed by atoms with Gasteiger partial charge in [-0.2, -0.15) is 5.10 Å². The molecule has 0 atom stereocenters. The zero-order valence-electron chi connectivity index (χ0n) is 21.7. The number of carbonyl (C=O) groups excluding carboxylic acids is 1. The van der Waals surface area contributed by atoms with Gasteiger partial charge in [-0.1, -0.05) is 12.1 Å². The lowest BCUT2D eigenvalue weighted by atomic mass is 10.0. The molecule has 0 unspecified atom stereocenters. The third kappa shape index (κ3) is 5.02. The van der Waals surface area contributed by atoms with Crippen LogP contribution in [0.1, 0.15) is 18.4 Å². The molecule has 9 heteroatoms. The molecule has 2 aromatic heterocycles. The maximum absolute atomic E-state index is 12.8. The van der Waals surface area contributed by atoms with Crippen LogP contribution in [0.2, 0.25) is 0 Å². The maximum atomic E-state index is 12.8. The summed E-state index contributed by atoms with van der Waals surface area (Å²) in [5.74, 6) is 2.77. The molecule has 0 radical (unpaired) electrons. The number of amides is 1. The molecule has 2 aliphatic heterocycles. The van der Waals surface area contributed by atoms with Gasteiger partial charge in [-0.15, -0.1) is 0 Å². The molecule has 2 aliphatic rings. The summed E-state index contributed by atoms with van der Waals surface area (Å²) < 4.78 is 11.2. The molecule has 0 bridgehead atoms. The normalized spacial score (nSPS) is 15.7. The number of nitrogens with zero attached hydrogens (tertiary/aromatic N) is 4. The second-order valence-corrected chi connectivity index (χ2v) is 10.1. The number of piperidine rings is 1. The Bertz CT molecular complexity index is 1440. The highest BCUT2D eigenvalue weighted by Crippen LogP contribution is 2.32. The first-order chi connectivity index (χ1) is 18.5. The number of rotatable bonds is 6. The minimum absolute atomic E-state index is 0.149. The van der Waals surface area contributed by atoms with Crippen molar-refractivity contribution in [2.24, 2.45) is 0 Å². The molecular formula is C29H32N6O3. The molecule has 0 aliphatic carbocycles. The van der Waals surface area contributed by atoms with Gasteiger partial charge in [0.1, 0.15) is 19.0 Å². The Hall–Kier alpha value is -4.11. The molecule has 4 aromatic rings. The van der Waals surface area contributed by atoms with Crippen molar-refractivity contribution in [2.75, 3.05) is 50.6 Å². The molecule has 1 saturated heterocycles. The Labute approximate surface area is 221 Å². The molecule has 38 heavy (non-hydrogen) atoms. The molecule has 9 nitrogen and oxygen atoms in total. The smallest absolute Gasteiger partial charge is 0.230 e. The Kier molecular flexibility index (Phi) is 6.59. The molecule has 0 saturated carbocycles. The Morgan fingerprint density at radius 2 is 1.82 bits per heavy atom. The quantitative estimate of drug-likeness (QED) is 0.401. The number of anilines is 2. The summed E-state index contributed by atoms with van der Waals surface area (Å²) >= 11 is 0. The zero-order chi connectivity index (χ0) is 26.1. The number of hydrogen-bond donors (Lipinski definition) is 2. The minimum Gasteiger partial charge on any atom is -0.486 e. The van der Waals surface area contributed by atoms with Gasteiger partial charge in [0.2, 0.25) is 5.91 Å². The van der Waals surface area contributed by atoms with E-state index >= 15 is 0 Å². The van der Waals surface area contributed by atoms with E-state index in [1.165, 1.54) is 0 Å². The summed E-state index contributed by atoms with van der Waals surface area (Å²) in [5.41, 5.74) is 3.75. The Morgan fingerprint density at radius 1 is 1.03 bits per heavy atom. The van der Waals surface area contributed by atoms with Crippen molar-refractivity contribution >= 4 is 28.4 Å². The average molecular weight is 513 g/mol. The number of fused-ring (bicyclic) bond motifs is 2. The SMILES string of the molecule is CN(C)C1CCN(c2ccc(-c3ccc4[nH]nc(NC(=O)Cc5ccc6c(c5)OCCO6)c4c3)cn2)CC1. The van der Waals surface area contributed by atoms with E-state index < -0.39 is 0 Å². The van der Waals surface area contributed by atoms with E-state index in [1.807, 2.05) is 42.6 Å². The zero-order valence-corrected chi connectivity index (χ0v) is 21.7. The van der Waals surface area contributed by atoms with E-state index in [4.69, 9.17) is 14.5 Å². The van der Waals surface area contributed by atoms with Crippen LogP contribution in [0.25, 0.3) is 22.0 Å². The van der Waals surface area contributed by atoms with Gasteiger partial charge in [-0.3, -0.25) is 9.89 Å². The largest absolute Gasteiger partial charge is 0.486 e. The van der Waals surface area contributed by atoms with Gasteiger partial charge in [0.05, 0.1) is 11.9 Å². The van der Waals surface area contributed by atoms with E-state index in [0.29, 0.717) is 36.6 Å². The van der Waals surface area contributed by atoms with Crippen LogP contribution in [0.5, 0.6) is 11.5 Å². The van der Waals surface area contributed by atoms with Crippen molar-refractivity contribution in [1.82, 2.24) is 20.1 Å². The molecule has 1 amide bonds. The molecule has 6 rings (SSSR count). The van der Waals surface area contributed by atoms with Gasteiger partial charge < -0.3 is 24.6 Å². The summed E-state index contributed by atoms with van der Waals surface area (Å²) in [6, 6.07) is 16.5. The molecular weight excluding hydrogens is 480 g/mol. The van der Waals surface area contributed by atoms with Crippen molar-refractivity contribution in [3.63, 3.8) is 0 Å². The third-order valence-electron chi connectivity index (χ3n) is 7.39. The standard InChI is InChI=1S/C29H32N6O3/c1-34(2)22-9-11-35(12-10-22)27-8-5-21(18-30-27)20-4-6-24-23(17-20)29(33-32-24)31-28(36)16-19-3-7-25-26(15-19)38-14-13-37-25/h3-8,15,17-18,22H,9-14,16H2,1-2H3,(H2,31,32,33,36). The van der Waals surface area contributed by atoms with Crippen LogP contribution in [0.15, 0.2) is 54.7 Å². The molecule has 2 aromatic carbocycles. The fourth-order valence-electron chi connectivity index (χ4n) is 5.20. The van der Waals surface area contributed by atoms with Gasteiger partial charge in [0, 0.05) is 36.3 Å². The van der Waals surface area contributed by atoms with Crippen LogP contribution in [0, 0.1) is 0 Å². The van der Waals surface area contributed by atoms with E-state index in [1.54, 1.807) is 0 Å². The first kappa shape index (κ1) is 24.2. The van der Waals surface area contributed by atoms with Crippen molar-refractivity contribution in [2.45, 2.75) is 25.3 Å². The Morgan fingerprint density at radius 3 is 2.58 bits per heavy atom. The number of ether oxygens (including phenoxy) is 2. The van der Waals surface area contributed by atoms with Gasteiger partial charge in [-0.25, -0.2) is 4.98 Å². The predicted octanol–water partition coefficient (Wildman–Crippen LogP) is 4.11. The monoisotopic (exact) mass is 512 g/mol. The summed E-state index contributed by atoms with van der Waals surface area (Å²) in [7, 11) is 4.31. The average Bonchev–Trinajstić information content (AvgIpc) is 3.34. The number of pyridine rings is 1. The van der Waals surface area contributed by atoms with Crippen molar-refractivity contribution < 1.29 is 14.3 Å². The van der Waals surface area contributed by atoms with Crippen LogP contribution in [-0.4, -0.2) is 72.4 Å². The summed E-state index contributed by atoms with van der Waals surface area (Å²) in [6.07, 6.45) is 4.43. The van der Waals surface area contributed by atoms with Crippen LogP contribution < -0.4 is 19.7 Å². The number of H-pyrrole nitrogens is 1.